The highest BCUT2D eigenvalue weighted by molar-refractivity contribution is 5.98. The van der Waals surface area contributed by atoms with Crippen LogP contribution in [-0.4, -0.2) is 21.6 Å². The molecule has 1 aromatic heterocycles. The first-order valence-electron chi connectivity index (χ1n) is 8.23. The van der Waals surface area contributed by atoms with Gasteiger partial charge in [0.2, 0.25) is 0 Å². The van der Waals surface area contributed by atoms with Gasteiger partial charge in [-0.1, -0.05) is 47.6 Å². The largest absolute Gasteiger partial charge is 0.380 e. The molecule has 6 nitrogen and oxygen atoms in total. The van der Waals surface area contributed by atoms with Crippen LogP contribution in [0.1, 0.15) is 32.9 Å². The average Bonchev–Trinajstić information content (AvgIpc) is 2.97. The summed E-state index contributed by atoms with van der Waals surface area (Å²) in [7, 11) is 0. The first kappa shape index (κ1) is 17.4. The topological polar surface area (TPSA) is 82.5 Å². The van der Waals surface area contributed by atoms with E-state index in [4.69, 9.17) is 10.6 Å². The summed E-state index contributed by atoms with van der Waals surface area (Å²) in [6.45, 7) is 4.53. The fourth-order valence-corrected chi connectivity index (χ4v) is 2.61. The van der Waals surface area contributed by atoms with Gasteiger partial charge in [-0.2, -0.15) is 5.10 Å². The van der Waals surface area contributed by atoms with E-state index in [0.717, 1.165) is 17.0 Å². The molecule has 2 N–H and O–H groups in total. The van der Waals surface area contributed by atoms with E-state index in [9.17, 15) is 4.79 Å². The third-order valence-electron chi connectivity index (χ3n) is 3.89. The Morgan fingerprint density at radius 1 is 1.08 bits per heavy atom. The van der Waals surface area contributed by atoms with Crippen molar-refractivity contribution in [2.24, 2.45) is 10.9 Å². The first-order valence-corrected chi connectivity index (χ1v) is 8.23. The van der Waals surface area contributed by atoms with Gasteiger partial charge >= 0.3 is 5.97 Å². The van der Waals surface area contributed by atoms with Crippen molar-refractivity contribution >= 4 is 11.8 Å². The van der Waals surface area contributed by atoms with Gasteiger partial charge in [-0.25, -0.2) is 4.79 Å². The summed E-state index contributed by atoms with van der Waals surface area (Å²) in [5.74, 6) is -0.406. The summed E-state index contributed by atoms with van der Waals surface area (Å²) in [4.78, 5) is 17.2. The molecule has 26 heavy (non-hydrogen) atoms. The Balaban J connectivity index is 1.71. The second-order valence-electron chi connectivity index (χ2n) is 6.01. The quantitative estimate of drug-likeness (QED) is 0.332. The molecule has 0 fully saturated rings. The Morgan fingerprint density at radius 2 is 1.81 bits per heavy atom. The second kappa shape index (κ2) is 7.65. The molecule has 0 saturated heterocycles. The third-order valence-corrected chi connectivity index (χ3v) is 3.89. The molecule has 6 heteroatoms. The highest BCUT2D eigenvalue weighted by Gasteiger charge is 2.10. The summed E-state index contributed by atoms with van der Waals surface area (Å²) in [5, 5.41) is 8.16. The number of hydrogen-bond acceptors (Lipinski definition) is 4. The van der Waals surface area contributed by atoms with Crippen LogP contribution in [0.4, 0.5) is 0 Å². The molecule has 0 aliphatic heterocycles. The van der Waals surface area contributed by atoms with Gasteiger partial charge in [-0.05, 0) is 37.6 Å². The third kappa shape index (κ3) is 4.16. The van der Waals surface area contributed by atoms with Crippen LogP contribution in [0.25, 0.3) is 0 Å². The molecule has 0 unspecified atom stereocenters. The number of amidine groups is 1. The average molecular weight is 348 g/mol. The molecule has 0 amide bonds. The van der Waals surface area contributed by atoms with Crippen molar-refractivity contribution in [2.45, 2.75) is 20.4 Å². The molecule has 0 radical (unpaired) electrons. The molecule has 0 bridgehead atoms. The monoisotopic (exact) mass is 348 g/mol. The molecule has 3 rings (SSSR count). The van der Waals surface area contributed by atoms with E-state index in [0.29, 0.717) is 17.7 Å². The Hall–Kier alpha value is -3.41. The summed E-state index contributed by atoms with van der Waals surface area (Å²) < 4.78 is 1.89. The van der Waals surface area contributed by atoms with Gasteiger partial charge in [0.1, 0.15) is 0 Å². The highest BCUT2D eigenvalue weighted by Crippen LogP contribution is 2.11. The molecule has 0 spiro atoms. The Bertz CT molecular complexity index is 945. The molecule has 1 heterocycles. The Kier molecular flexibility index (Phi) is 5.12. The molecule has 3 aromatic rings. The highest BCUT2D eigenvalue weighted by atomic mass is 16.7. The number of carbonyl (C=O) groups excluding carboxylic acids is 1. The number of benzene rings is 2. The van der Waals surface area contributed by atoms with Crippen LogP contribution >= 0.6 is 0 Å². The van der Waals surface area contributed by atoms with Gasteiger partial charge in [0.25, 0.3) is 0 Å². The predicted molar refractivity (Wildman–Crippen MR) is 99.8 cm³/mol. The van der Waals surface area contributed by atoms with Gasteiger partial charge in [-0.15, -0.1) is 0 Å². The number of carbonyl (C=O) groups is 1. The zero-order chi connectivity index (χ0) is 18.5. The smallest absolute Gasteiger partial charge is 0.365 e. The molecule has 0 atom stereocenters. The minimum Gasteiger partial charge on any atom is -0.380 e. The molecule has 132 valence electrons. The van der Waals surface area contributed by atoms with Crippen LogP contribution < -0.4 is 5.73 Å². The van der Waals surface area contributed by atoms with Gasteiger partial charge < -0.3 is 10.6 Å². The number of nitrogens with zero attached hydrogens (tertiary/aromatic N) is 3. The molecule has 0 aliphatic rings. The summed E-state index contributed by atoms with van der Waals surface area (Å²) in [6.07, 6.45) is 0. The maximum absolute atomic E-state index is 12.2. The lowest BCUT2D eigenvalue weighted by Crippen LogP contribution is -2.15. The lowest BCUT2D eigenvalue weighted by molar-refractivity contribution is 0.0516. The number of aromatic nitrogens is 2. The van der Waals surface area contributed by atoms with E-state index < -0.39 is 5.97 Å². The van der Waals surface area contributed by atoms with E-state index in [1.165, 1.54) is 0 Å². The van der Waals surface area contributed by atoms with Crippen molar-refractivity contribution in [2.75, 3.05) is 0 Å². The SMILES string of the molecule is Cc1cc(C)n(Cc2cccc(C(=O)O/N=C(\N)c3ccccc3)c2)n1. The van der Waals surface area contributed by atoms with E-state index in [2.05, 4.69) is 10.3 Å². The maximum atomic E-state index is 12.2. The van der Waals surface area contributed by atoms with Gasteiger partial charge in [-0.3, -0.25) is 4.68 Å². The molecular formula is C20H20N4O2. The fourth-order valence-electron chi connectivity index (χ4n) is 2.61. The minimum atomic E-state index is -0.556. The van der Waals surface area contributed by atoms with E-state index in [1.54, 1.807) is 24.3 Å². The zero-order valence-electron chi connectivity index (χ0n) is 14.7. The summed E-state index contributed by atoms with van der Waals surface area (Å²) in [5.41, 5.74) is 9.91. The van der Waals surface area contributed by atoms with Crippen molar-refractivity contribution in [3.63, 3.8) is 0 Å². The maximum Gasteiger partial charge on any atom is 0.365 e. The number of aryl methyl sites for hydroxylation is 2. The molecule has 0 aliphatic carbocycles. The Morgan fingerprint density at radius 3 is 2.50 bits per heavy atom. The Labute approximate surface area is 151 Å². The van der Waals surface area contributed by atoms with Gasteiger partial charge in [0.05, 0.1) is 17.8 Å². The summed E-state index contributed by atoms with van der Waals surface area (Å²) in [6, 6.07) is 18.3. The zero-order valence-corrected chi connectivity index (χ0v) is 14.7. The van der Waals surface area contributed by atoms with Crippen LogP contribution in [0, 0.1) is 13.8 Å². The predicted octanol–water partition coefficient (Wildman–Crippen LogP) is 3.03. The van der Waals surface area contributed by atoms with Crippen molar-refractivity contribution in [3.8, 4) is 0 Å². The lowest BCUT2D eigenvalue weighted by atomic mass is 10.1. The van der Waals surface area contributed by atoms with E-state index >= 15 is 0 Å². The standard InChI is InChI=1S/C20H20N4O2/c1-14-11-15(2)24(22-14)13-16-7-6-10-18(12-16)20(25)26-23-19(21)17-8-4-3-5-9-17/h3-12H,13H2,1-2H3,(H2,21,23). The lowest BCUT2D eigenvalue weighted by Gasteiger charge is -2.06. The normalized spacial score (nSPS) is 11.4. The van der Waals surface area contributed by atoms with Crippen LogP contribution in [0.3, 0.4) is 0 Å². The number of oxime groups is 1. The molecule has 0 saturated carbocycles. The van der Waals surface area contributed by atoms with Gasteiger partial charge in [0.15, 0.2) is 5.84 Å². The molecule has 2 aromatic carbocycles. The minimum absolute atomic E-state index is 0.151. The fraction of sp³-hybridized carbons (Fsp3) is 0.150. The van der Waals surface area contributed by atoms with Crippen molar-refractivity contribution in [1.82, 2.24) is 9.78 Å². The number of hydrogen-bond donors (Lipinski definition) is 1. The van der Waals surface area contributed by atoms with Crippen LogP contribution in [0.2, 0.25) is 0 Å². The van der Waals surface area contributed by atoms with E-state index in [-0.39, 0.29) is 5.84 Å². The number of rotatable bonds is 5. The van der Waals surface area contributed by atoms with Crippen molar-refractivity contribution < 1.29 is 9.63 Å². The second-order valence-corrected chi connectivity index (χ2v) is 6.01. The van der Waals surface area contributed by atoms with Crippen LogP contribution in [0.15, 0.2) is 65.8 Å². The molecular weight excluding hydrogens is 328 g/mol. The van der Waals surface area contributed by atoms with Gasteiger partial charge in [0, 0.05) is 11.3 Å². The van der Waals surface area contributed by atoms with Crippen molar-refractivity contribution in [3.05, 3.63) is 88.7 Å². The number of nitrogens with two attached hydrogens (primary N) is 1. The van der Waals surface area contributed by atoms with E-state index in [1.807, 2.05) is 54.9 Å². The first-order chi connectivity index (χ1) is 12.5. The van der Waals surface area contributed by atoms with Crippen molar-refractivity contribution in [1.29, 1.82) is 0 Å². The summed E-state index contributed by atoms with van der Waals surface area (Å²) >= 11 is 0. The van der Waals surface area contributed by atoms with Crippen LogP contribution in [0.5, 0.6) is 0 Å². The van der Waals surface area contributed by atoms with Crippen LogP contribution in [-0.2, 0) is 11.4 Å².